The summed E-state index contributed by atoms with van der Waals surface area (Å²) in [6.45, 7) is 3.94. The van der Waals surface area contributed by atoms with Crippen LogP contribution in [0.15, 0.2) is 12.1 Å². The van der Waals surface area contributed by atoms with Gasteiger partial charge in [-0.15, -0.1) is 0 Å². The molecule has 0 bridgehead atoms. The molecule has 0 aromatic heterocycles. The highest BCUT2D eigenvalue weighted by molar-refractivity contribution is 6.30. The van der Waals surface area contributed by atoms with Gasteiger partial charge in [0.1, 0.15) is 5.75 Å². The Bertz CT molecular complexity index is 458. The van der Waals surface area contributed by atoms with Crippen molar-refractivity contribution in [3.63, 3.8) is 0 Å². The first kappa shape index (κ1) is 15.2. The van der Waals surface area contributed by atoms with Crippen LogP contribution in [0, 0.1) is 13.8 Å². The molecule has 1 fully saturated rings. The van der Waals surface area contributed by atoms with E-state index in [0.29, 0.717) is 11.1 Å². The topological polar surface area (TPSA) is 38.3 Å². The molecule has 1 aromatic carbocycles. The molecule has 1 saturated carbocycles. The molecule has 1 aromatic rings. The van der Waals surface area contributed by atoms with E-state index >= 15 is 0 Å². The number of hydrogen-bond donors (Lipinski definition) is 1. The van der Waals surface area contributed by atoms with E-state index in [1.165, 1.54) is 19.3 Å². The number of carbonyl (C=O) groups excluding carboxylic acids is 1. The molecular formula is C16H22ClNO2. The Morgan fingerprint density at radius 1 is 1.25 bits per heavy atom. The van der Waals surface area contributed by atoms with Crippen LogP contribution >= 0.6 is 11.6 Å². The minimum Gasteiger partial charge on any atom is -0.483 e. The van der Waals surface area contributed by atoms with Gasteiger partial charge in [0, 0.05) is 11.1 Å². The van der Waals surface area contributed by atoms with Gasteiger partial charge in [-0.1, -0.05) is 30.9 Å². The fourth-order valence-electron chi connectivity index (χ4n) is 2.78. The van der Waals surface area contributed by atoms with E-state index in [1.54, 1.807) is 0 Å². The Labute approximate surface area is 125 Å². The highest BCUT2D eigenvalue weighted by atomic mass is 35.5. The first-order chi connectivity index (χ1) is 9.56. The number of ether oxygens (including phenoxy) is 1. The Morgan fingerprint density at radius 3 is 2.45 bits per heavy atom. The maximum absolute atomic E-state index is 11.9. The molecule has 0 spiro atoms. The molecule has 0 unspecified atom stereocenters. The van der Waals surface area contributed by atoms with Crippen LogP contribution in [0.25, 0.3) is 0 Å². The van der Waals surface area contributed by atoms with Gasteiger partial charge in [0.2, 0.25) is 0 Å². The van der Waals surface area contributed by atoms with Crippen molar-refractivity contribution in [2.24, 2.45) is 0 Å². The van der Waals surface area contributed by atoms with Crippen molar-refractivity contribution in [3.05, 3.63) is 28.3 Å². The van der Waals surface area contributed by atoms with Gasteiger partial charge in [0.25, 0.3) is 5.91 Å². The van der Waals surface area contributed by atoms with Gasteiger partial charge < -0.3 is 10.1 Å². The van der Waals surface area contributed by atoms with E-state index in [0.717, 1.165) is 29.7 Å². The molecule has 1 aliphatic rings. The van der Waals surface area contributed by atoms with Gasteiger partial charge in [-0.2, -0.15) is 0 Å². The average Bonchev–Trinajstić information content (AvgIpc) is 2.38. The van der Waals surface area contributed by atoms with E-state index < -0.39 is 0 Å². The minimum atomic E-state index is -0.0364. The SMILES string of the molecule is Cc1cc(Cl)cc(C)c1OCC(=O)NC1CCCCC1. The highest BCUT2D eigenvalue weighted by Gasteiger charge is 2.16. The van der Waals surface area contributed by atoms with Gasteiger partial charge in [-0.3, -0.25) is 4.79 Å². The fourth-order valence-corrected chi connectivity index (χ4v) is 3.11. The fraction of sp³-hybridized carbons (Fsp3) is 0.562. The molecule has 0 saturated heterocycles. The molecule has 110 valence electrons. The van der Waals surface area contributed by atoms with Crippen LogP contribution in [0.4, 0.5) is 0 Å². The Hall–Kier alpha value is -1.22. The summed E-state index contributed by atoms with van der Waals surface area (Å²) in [6.07, 6.45) is 5.88. The van der Waals surface area contributed by atoms with Gasteiger partial charge in [0.15, 0.2) is 6.61 Å². The van der Waals surface area contributed by atoms with Crippen LogP contribution in [0.2, 0.25) is 5.02 Å². The summed E-state index contributed by atoms with van der Waals surface area (Å²) >= 11 is 5.98. The van der Waals surface area contributed by atoms with Crippen molar-refractivity contribution in [1.82, 2.24) is 5.32 Å². The van der Waals surface area contributed by atoms with E-state index in [9.17, 15) is 4.79 Å². The molecule has 1 amide bonds. The second-order valence-electron chi connectivity index (χ2n) is 5.56. The van der Waals surface area contributed by atoms with Crippen molar-refractivity contribution < 1.29 is 9.53 Å². The monoisotopic (exact) mass is 295 g/mol. The molecule has 1 N–H and O–H groups in total. The lowest BCUT2D eigenvalue weighted by Crippen LogP contribution is -2.39. The van der Waals surface area contributed by atoms with Gasteiger partial charge in [-0.05, 0) is 49.9 Å². The second-order valence-corrected chi connectivity index (χ2v) is 6.00. The third kappa shape index (κ3) is 4.14. The third-order valence-electron chi connectivity index (χ3n) is 3.74. The number of aryl methyl sites for hydroxylation is 2. The molecule has 2 rings (SSSR count). The lowest BCUT2D eigenvalue weighted by molar-refractivity contribution is -0.124. The van der Waals surface area contributed by atoms with Gasteiger partial charge in [-0.25, -0.2) is 0 Å². The quantitative estimate of drug-likeness (QED) is 0.918. The molecule has 0 aliphatic heterocycles. The lowest BCUT2D eigenvalue weighted by Gasteiger charge is -2.23. The molecule has 1 aliphatic carbocycles. The summed E-state index contributed by atoms with van der Waals surface area (Å²) in [5.74, 6) is 0.721. The van der Waals surface area contributed by atoms with Crippen molar-refractivity contribution in [2.75, 3.05) is 6.61 Å². The van der Waals surface area contributed by atoms with Crippen LogP contribution in [0.1, 0.15) is 43.2 Å². The summed E-state index contributed by atoms with van der Waals surface area (Å²) in [4.78, 5) is 11.9. The molecule has 3 nitrogen and oxygen atoms in total. The molecule has 4 heteroatoms. The Morgan fingerprint density at radius 2 is 1.85 bits per heavy atom. The van der Waals surface area contributed by atoms with Crippen LogP contribution in [-0.4, -0.2) is 18.6 Å². The number of halogens is 1. The van der Waals surface area contributed by atoms with Crippen LogP contribution in [-0.2, 0) is 4.79 Å². The largest absolute Gasteiger partial charge is 0.483 e. The van der Waals surface area contributed by atoms with Gasteiger partial charge >= 0.3 is 0 Å². The van der Waals surface area contributed by atoms with Crippen molar-refractivity contribution in [1.29, 1.82) is 0 Å². The standard InChI is InChI=1S/C16H22ClNO2/c1-11-8-13(17)9-12(2)16(11)20-10-15(19)18-14-6-4-3-5-7-14/h8-9,14H,3-7,10H2,1-2H3,(H,18,19). The predicted molar refractivity (Wildman–Crippen MR) is 81.4 cm³/mol. The summed E-state index contributed by atoms with van der Waals surface area (Å²) in [6, 6.07) is 4.03. The molecule has 0 atom stereocenters. The Kier molecular flexibility index (Phi) is 5.30. The van der Waals surface area contributed by atoms with Crippen LogP contribution in [0.5, 0.6) is 5.75 Å². The van der Waals surface area contributed by atoms with E-state index in [1.807, 2.05) is 26.0 Å². The summed E-state index contributed by atoms with van der Waals surface area (Å²) in [7, 11) is 0. The first-order valence-electron chi connectivity index (χ1n) is 7.25. The van der Waals surface area contributed by atoms with Crippen LogP contribution < -0.4 is 10.1 Å². The van der Waals surface area contributed by atoms with Gasteiger partial charge in [0.05, 0.1) is 0 Å². The molecule has 0 heterocycles. The second kappa shape index (κ2) is 6.98. The van der Waals surface area contributed by atoms with E-state index in [-0.39, 0.29) is 12.5 Å². The number of amides is 1. The average molecular weight is 296 g/mol. The Balaban J connectivity index is 1.87. The van der Waals surface area contributed by atoms with Crippen molar-refractivity contribution in [3.8, 4) is 5.75 Å². The summed E-state index contributed by atoms with van der Waals surface area (Å²) in [5, 5.41) is 3.74. The predicted octanol–water partition coefficient (Wildman–Crippen LogP) is 3.78. The maximum atomic E-state index is 11.9. The first-order valence-corrected chi connectivity index (χ1v) is 7.63. The number of hydrogen-bond acceptors (Lipinski definition) is 2. The smallest absolute Gasteiger partial charge is 0.258 e. The number of benzene rings is 1. The third-order valence-corrected chi connectivity index (χ3v) is 3.96. The van der Waals surface area contributed by atoms with Crippen LogP contribution in [0.3, 0.4) is 0 Å². The molecule has 20 heavy (non-hydrogen) atoms. The van der Waals surface area contributed by atoms with E-state index in [4.69, 9.17) is 16.3 Å². The maximum Gasteiger partial charge on any atom is 0.258 e. The van der Waals surface area contributed by atoms with E-state index in [2.05, 4.69) is 5.32 Å². The number of rotatable bonds is 4. The summed E-state index contributed by atoms with van der Waals surface area (Å²) in [5.41, 5.74) is 1.92. The zero-order valence-corrected chi connectivity index (χ0v) is 12.9. The number of carbonyl (C=O) groups is 1. The summed E-state index contributed by atoms with van der Waals surface area (Å²) < 4.78 is 5.66. The highest BCUT2D eigenvalue weighted by Crippen LogP contribution is 2.27. The molecule has 0 radical (unpaired) electrons. The minimum absolute atomic E-state index is 0.0364. The lowest BCUT2D eigenvalue weighted by atomic mass is 9.95. The van der Waals surface area contributed by atoms with Crippen molar-refractivity contribution in [2.45, 2.75) is 52.0 Å². The normalized spacial score (nSPS) is 15.9. The number of nitrogens with one attached hydrogen (secondary N) is 1. The zero-order chi connectivity index (χ0) is 14.5. The zero-order valence-electron chi connectivity index (χ0n) is 12.2. The van der Waals surface area contributed by atoms with Crippen molar-refractivity contribution >= 4 is 17.5 Å². The molecular weight excluding hydrogens is 274 g/mol.